The minimum atomic E-state index is 0.134. The predicted octanol–water partition coefficient (Wildman–Crippen LogP) is -0.265. The van der Waals surface area contributed by atoms with Gasteiger partial charge < -0.3 is 10.6 Å². The Bertz CT molecular complexity index is 189. The number of hydrogen-bond acceptors (Lipinski definition) is 2. The van der Waals surface area contributed by atoms with Crippen LogP contribution in [0.1, 0.15) is 12.8 Å². The molecule has 1 amide bonds. The van der Waals surface area contributed by atoms with Crippen molar-refractivity contribution in [2.75, 3.05) is 19.6 Å². The van der Waals surface area contributed by atoms with E-state index >= 15 is 0 Å². The molecule has 3 nitrogen and oxygen atoms in total. The minimum Gasteiger partial charge on any atom is -0.355 e. The van der Waals surface area contributed by atoms with Crippen LogP contribution < -0.4 is 10.6 Å². The summed E-state index contributed by atoms with van der Waals surface area (Å²) in [5, 5.41) is 5.95. The van der Waals surface area contributed by atoms with Gasteiger partial charge in [-0.25, -0.2) is 0 Å². The standard InChI is InChI=1S/C9H14N2O/c1-2-3-5-11-9(12)8-4-6-10-7-8/h1,8,10H,3-7H2,(H,11,12). The monoisotopic (exact) mass is 166 g/mol. The van der Waals surface area contributed by atoms with Crippen molar-refractivity contribution in [2.24, 2.45) is 5.92 Å². The molecule has 0 spiro atoms. The summed E-state index contributed by atoms with van der Waals surface area (Å²) in [4.78, 5) is 11.3. The largest absolute Gasteiger partial charge is 0.355 e. The van der Waals surface area contributed by atoms with Gasteiger partial charge in [0.05, 0.1) is 5.92 Å². The third-order valence-corrected chi connectivity index (χ3v) is 2.00. The Morgan fingerprint density at radius 2 is 2.58 bits per heavy atom. The number of amides is 1. The maximum Gasteiger partial charge on any atom is 0.224 e. The smallest absolute Gasteiger partial charge is 0.224 e. The van der Waals surface area contributed by atoms with Crippen LogP contribution in [0.15, 0.2) is 0 Å². The first kappa shape index (κ1) is 9.08. The summed E-state index contributed by atoms with van der Waals surface area (Å²) in [5.74, 6) is 2.77. The number of nitrogens with one attached hydrogen (secondary N) is 2. The second-order valence-corrected chi connectivity index (χ2v) is 2.93. The fraction of sp³-hybridized carbons (Fsp3) is 0.667. The van der Waals surface area contributed by atoms with E-state index in [9.17, 15) is 4.79 Å². The molecular weight excluding hydrogens is 152 g/mol. The van der Waals surface area contributed by atoms with E-state index in [1.54, 1.807) is 0 Å². The molecule has 1 rings (SSSR count). The van der Waals surface area contributed by atoms with Crippen molar-refractivity contribution in [2.45, 2.75) is 12.8 Å². The lowest BCUT2D eigenvalue weighted by Crippen LogP contribution is -2.32. The van der Waals surface area contributed by atoms with E-state index in [1.807, 2.05) is 0 Å². The molecule has 12 heavy (non-hydrogen) atoms. The van der Waals surface area contributed by atoms with Gasteiger partial charge in [0.2, 0.25) is 5.91 Å². The summed E-state index contributed by atoms with van der Waals surface area (Å²) in [6, 6.07) is 0. The Labute approximate surface area is 72.9 Å². The number of hydrogen-bond donors (Lipinski definition) is 2. The van der Waals surface area contributed by atoms with Gasteiger partial charge in [-0.2, -0.15) is 0 Å². The number of carbonyl (C=O) groups excluding carboxylic acids is 1. The zero-order valence-electron chi connectivity index (χ0n) is 7.10. The lowest BCUT2D eigenvalue weighted by atomic mass is 10.1. The van der Waals surface area contributed by atoms with E-state index in [4.69, 9.17) is 6.42 Å². The Hall–Kier alpha value is -1.01. The summed E-state index contributed by atoms with van der Waals surface area (Å²) < 4.78 is 0. The average Bonchev–Trinajstić information content (AvgIpc) is 2.56. The van der Waals surface area contributed by atoms with E-state index in [0.29, 0.717) is 13.0 Å². The molecule has 0 aromatic heterocycles. The highest BCUT2D eigenvalue weighted by Crippen LogP contribution is 2.06. The molecule has 1 saturated heterocycles. The van der Waals surface area contributed by atoms with Crippen molar-refractivity contribution in [3.8, 4) is 12.3 Å². The zero-order valence-corrected chi connectivity index (χ0v) is 7.10. The first-order chi connectivity index (χ1) is 5.84. The van der Waals surface area contributed by atoms with Crippen molar-refractivity contribution in [1.29, 1.82) is 0 Å². The molecule has 1 aliphatic heterocycles. The van der Waals surface area contributed by atoms with Crippen molar-refractivity contribution < 1.29 is 4.79 Å². The first-order valence-corrected chi connectivity index (χ1v) is 4.26. The molecule has 1 heterocycles. The van der Waals surface area contributed by atoms with E-state index in [0.717, 1.165) is 19.5 Å². The van der Waals surface area contributed by atoms with Crippen LogP contribution in [-0.4, -0.2) is 25.5 Å². The third kappa shape index (κ3) is 2.55. The van der Waals surface area contributed by atoms with Gasteiger partial charge >= 0.3 is 0 Å². The molecule has 1 aliphatic rings. The van der Waals surface area contributed by atoms with Crippen LogP contribution >= 0.6 is 0 Å². The molecule has 0 aliphatic carbocycles. The summed E-state index contributed by atoms with van der Waals surface area (Å²) >= 11 is 0. The summed E-state index contributed by atoms with van der Waals surface area (Å²) in [6.45, 7) is 2.36. The molecule has 2 N–H and O–H groups in total. The predicted molar refractivity (Wildman–Crippen MR) is 47.4 cm³/mol. The molecule has 1 fully saturated rings. The van der Waals surface area contributed by atoms with Crippen LogP contribution in [0.3, 0.4) is 0 Å². The molecular formula is C9H14N2O. The van der Waals surface area contributed by atoms with Crippen LogP contribution in [0.2, 0.25) is 0 Å². The second kappa shape index (κ2) is 4.78. The number of terminal acetylenes is 1. The van der Waals surface area contributed by atoms with Gasteiger partial charge in [0, 0.05) is 19.5 Å². The van der Waals surface area contributed by atoms with Gasteiger partial charge in [0.25, 0.3) is 0 Å². The van der Waals surface area contributed by atoms with E-state index in [2.05, 4.69) is 16.6 Å². The Balaban J connectivity index is 2.15. The van der Waals surface area contributed by atoms with E-state index < -0.39 is 0 Å². The van der Waals surface area contributed by atoms with Crippen molar-refractivity contribution in [3.05, 3.63) is 0 Å². The van der Waals surface area contributed by atoms with Crippen LogP contribution in [-0.2, 0) is 4.79 Å². The fourth-order valence-corrected chi connectivity index (χ4v) is 1.28. The van der Waals surface area contributed by atoms with E-state index in [-0.39, 0.29) is 11.8 Å². The highest BCUT2D eigenvalue weighted by Gasteiger charge is 2.21. The zero-order chi connectivity index (χ0) is 8.81. The highest BCUT2D eigenvalue weighted by atomic mass is 16.1. The Morgan fingerprint density at radius 3 is 3.17 bits per heavy atom. The number of rotatable bonds is 3. The fourth-order valence-electron chi connectivity index (χ4n) is 1.28. The molecule has 66 valence electrons. The van der Waals surface area contributed by atoms with Crippen molar-refractivity contribution >= 4 is 5.91 Å². The lowest BCUT2D eigenvalue weighted by molar-refractivity contribution is -0.124. The van der Waals surface area contributed by atoms with Crippen LogP contribution in [0.4, 0.5) is 0 Å². The van der Waals surface area contributed by atoms with Gasteiger partial charge in [0.1, 0.15) is 0 Å². The Morgan fingerprint density at radius 1 is 1.75 bits per heavy atom. The van der Waals surface area contributed by atoms with E-state index in [1.165, 1.54) is 0 Å². The number of carbonyl (C=O) groups is 1. The van der Waals surface area contributed by atoms with Crippen molar-refractivity contribution in [3.63, 3.8) is 0 Å². The Kier molecular flexibility index (Phi) is 3.62. The SMILES string of the molecule is C#CCCNC(=O)C1CCNC1. The lowest BCUT2D eigenvalue weighted by Gasteiger charge is -2.07. The van der Waals surface area contributed by atoms with Gasteiger partial charge in [-0.3, -0.25) is 4.79 Å². The normalized spacial score (nSPS) is 21.8. The molecule has 0 aromatic rings. The first-order valence-electron chi connectivity index (χ1n) is 4.26. The molecule has 0 saturated carbocycles. The summed E-state index contributed by atoms with van der Waals surface area (Å²) in [6.07, 6.45) is 6.62. The van der Waals surface area contributed by atoms with Crippen LogP contribution in [0.5, 0.6) is 0 Å². The second-order valence-electron chi connectivity index (χ2n) is 2.93. The molecule has 1 unspecified atom stereocenters. The summed E-state index contributed by atoms with van der Waals surface area (Å²) in [5.41, 5.74) is 0. The minimum absolute atomic E-state index is 0.134. The molecule has 0 bridgehead atoms. The summed E-state index contributed by atoms with van der Waals surface area (Å²) in [7, 11) is 0. The topological polar surface area (TPSA) is 41.1 Å². The molecule has 0 aromatic carbocycles. The molecule has 0 radical (unpaired) electrons. The van der Waals surface area contributed by atoms with Crippen molar-refractivity contribution in [1.82, 2.24) is 10.6 Å². The molecule has 3 heteroatoms. The quantitative estimate of drug-likeness (QED) is 0.448. The van der Waals surface area contributed by atoms with Crippen LogP contribution in [0.25, 0.3) is 0 Å². The van der Waals surface area contributed by atoms with Gasteiger partial charge in [0.15, 0.2) is 0 Å². The van der Waals surface area contributed by atoms with Gasteiger partial charge in [-0.05, 0) is 13.0 Å². The maximum atomic E-state index is 11.3. The maximum absolute atomic E-state index is 11.3. The molecule has 1 atom stereocenters. The van der Waals surface area contributed by atoms with Gasteiger partial charge in [-0.15, -0.1) is 12.3 Å². The third-order valence-electron chi connectivity index (χ3n) is 2.00. The van der Waals surface area contributed by atoms with Gasteiger partial charge in [-0.1, -0.05) is 0 Å². The highest BCUT2D eigenvalue weighted by molar-refractivity contribution is 5.79. The average molecular weight is 166 g/mol. The van der Waals surface area contributed by atoms with Crippen LogP contribution in [0, 0.1) is 18.3 Å².